The first-order valence-electron chi connectivity index (χ1n) is 6.64. The van der Waals surface area contributed by atoms with Crippen molar-refractivity contribution in [3.8, 4) is 0 Å². The summed E-state index contributed by atoms with van der Waals surface area (Å²) in [7, 11) is 0. The van der Waals surface area contributed by atoms with Gasteiger partial charge in [-0.2, -0.15) is 0 Å². The highest BCUT2D eigenvalue weighted by atomic mass is 35.5. The number of carboxylic acid groups (broad SMARTS) is 1. The van der Waals surface area contributed by atoms with Gasteiger partial charge in [0, 0.05) is 17.5 Å². The molecule has 0 aliphatic heterocycles. The van der Waals surface area contributed by atoms with Crippen LogP contribution in [0.2, 0.25) is 5.02 Å². The fraction of sp³-hybridized carbons (Fsp3) is 0.467. The molecule has 0 fully saturated rings. The minimum Gasteiger partial charge on any atom is -0.481 e. The van der Waals surface area contributed by atoms with E-state index in [2.05, 4.69) is 5.32 Å². The van der Waals surface area contributed by atoms with Crippen molar-refractivity contribution in [2.24, 2.45) is 5.92 Å². The fourth-order valence-electron chi connectivity index (χ4n) is 1.87. The van der Waals surface area contributed by atoms with Crippen LogP contribution in [0.5, 0.6) is 0 Å². The van der Waals surface area contributed by atoms with Gasteiger partial charge in [0.2, 0.25) is 5.91 Å². The second-order valence-corrected chi connectivity index (χ2v) is 5.58. The van der Waals surface area contributed by atoms with E-state index in [9.17, 15) is 9.59 Å². The molecule has 1 atom stereocenters. The molecule has 0 heterocycles. The van der Waals surface area contributed by atoms with E-state index < -0.39 is 5.97 Å². The molecule has 0 aliphatic carbocycles. The lowest BCUT2D eigenvalue weighted by molar-refractivity contribution is -0.138. The van der Waals surface area contributed by atoms with Crippen molar-refractivity contribution in [2.75, 3.05) is 0 Å². The number of hydrogen-bond donors (Lipinski definition) is 2. The van der Waals surface area contributed by atoms with Gasteiger partial charge in [-0.1, -0.05) is 37.6 Å². The van der Waals surface area contributed by atoms with E-state index in [4.69, 9.17) is 16.7 Å². The van der Waals surface area contributed by atoms with Gasteiger partial charge >= 0.3 is 5.97 Å². The molecule has 4 nitrogen and oxygen atoms in total. The molecule has 2 N–H and O–H groups in total. The Kier molecular flexibility index (Phi) is 6.52. The number of aryl methyl sites for hydroxylation is 1. The summed E-state index contributed by atoms with van der Waals surface area (Å²) in [4.78, 5) is 22.6. The minimum atomic E-state index is -0.904. The van der Waals surface area contributed by atoms with Crippen LogP contribution in [0.15, 0.2) is 24.3 Å². The van der Waals surface area contributed by atoms with Crippen LogP contribution < -0.4 is 5.32 Å². The van der Waals surface area contributed by atoms with E-state index in [0.29, 0.717) is 17.9 Å². The summed E-state index contributed by atoms with van der Waals surface area (Å²) in [5.41, 5.74) is 0.993. The summed E-state index contributed by atoms with van der Waals surface area (Å²) in [5, 5.41) is 12.2. The van der Waals surface area contributed by atoms with Gasteiger partial charge < -0.3 is 10.4 Å². The van der Waals surface area contributed by atoms with E-state index >= 15 is 0 Å². The Hall–Kier alpha value is -1.55. The molecule has 1 aromatic rings. The summed E-state index contributed by atoms with van der Waals surface area (Å²) < 4.78 is 0. The quantitative estimate of drug-likeness (QED) is 0.813. The number of hydrogen-bond acceptors (Lipinski definition) is 2. The molecule has 0 aliphatic rings. The first-order valence-corrected chi connectivity index (χ1v) is 7.02. The molecule has 0 aromatic heterocycles. The Morgan fingerprint density at radius 3 is 2.60 bits per heavy atom. The highest BCUT2D eigenvalue weighted by Gasteiger charge is 2.19. The molecule has 0 saturated carbocycles. The average Bonchev–Trinajstić information content (AvgIpc) is 2.35. The summed E-state index contributed by atoms with van der Waals surface area (Å²) >= 11 is 5.88. The third kappa shape index (κ3) is 6.06. The van der Waals surface area contributed by atoms with Gasteiger partial charge in [-0.25, -0.2) is 0 Å². The second-order valence-electron chi connectivity index (χ2n) is 5.15. The maximum absolute atomic E-state index is 11.9. The number of rotatable bonds is 7. The maximum Gasteiger partial charge on any atom is 0.305 e. The number of benzene rings is 1. The molecule has 0 bridgehead atoms. The number of nitrogens with one attached hydrogen (secondary N) is 1. The van der Waals surface area contributed by atoms with Crippen LogP contribution in [0, 0.1) is 5.92 Å². The van der Waals surface area contributed by atoms with E-state index in [0.717, 1.165) is 5.56 Å². The summed E-state index contributed by atoms with van der Waals surface area (Å²) in [5.74, 6) is -0.954. The number of carboxylic acids is 1. The third-order valence-corrected chi connectivity index (χ3v) is 3.31. The van der Waals surface area contributed by atoms with Crippen LogP contribution in [0.25, 0.3) is 0 Å². The Morgan fingerprint density at radius 1 is 1.35 bits per heavy atom. The molecular formula is C15H20ClNO3. The lowest BCUT2D eigenvalue weighted by Gasteiger charge is -2.20. The molecule has 1 amide bonds. The summed E-state index contributed by atoms with van der Waals surface area (Å²) in [6.45, 7) is 3.79. The average molecular weight is 298 g/mol. The molecule has 1 unspecified atom stereocenters. The van der Waals surface area contributed by atoms with Crippen LogP contribution in [0.1, 0.15) is 32.3 Å². The van der Waals surface area contributed by atoms with Crippen molar-refractivity contribution in [3.63, 3.8) is 0 Å². The van der Waals surface area contributed by atoms with E-state index in [1.807, 2.05) is 32.0 Å². The number of aliphatic carboxylic acids is 1. The van der Waals surface area contributed by atoms with Gasteiger partial charge in [0.1, 0.15) is 0 Å². The van der Waals surface area contributed by atoms with Crippen molar-refractivity contribution in [1.29, 1.82) is 0 Å². The summed E-state index contributed by atoms with van der Waals surface area (Å²) in [6, 6.07) is 7.03. The topological polar surface area (TPSA) is 66.4 Å². The smallest absolute Gasteiger partial charge is 0.305 e. The largest absolute Gasteiger partial charge is 0.481 e. The zero-order valence-electron chi connectivity index (χ0n) is 11.7. The second kappa shape index (κ2) is 7.90. The van der Waals surface area contributed by atoms with Crippen molar-refractivity contribution in [2.45, 2.75) is 39.2 Å². The zero-order chi connectivity index (χ0) is 15.1. The van der Waals surface area contributed by atoms with E-state index in [1.54, 1.807) is 6.07 Å². The van der Waals surface area contributed by atoms with Gasteiger partial charge in [-0.05, 0) is 30.0 Å². The lowest BCUT2D eigenvalue weighted by Crippen LogP contribution is -2.40. The standard InChI is InChI=1S/C15H20ClNO3/c1-10(2)13(9-15(19)20)17-14(18)7-6-11-4-3-5-12(16)8-11/h3-5,8,10,13H,6-7,9H2,1-2H3,(H,17,18)(H,19,20). The van der Waals surface area contributed by atoms with E-state index in [1.165, 1.54) is 0 Å². The molecule has 1 rings (SSSR count). The van der Waals surface area contributed by atoms with Gasteiger partial charge in [0.15, 0.2) is 0 Å². The number of carbonyl (C=O) groups is 2. The Labute approximate surface area is 124 Å². The first kappa shape index (κ1) is 16.5. The van der Waals surface area contributed by atoms with Crippen LogP contribution in [0.4, 0.5) is 0 Å². The number of carbonyl (C=O) groups excluding carboxylic acids is 1. The third-order valence-electron chi connectivity index (χ3n) is 3.08. The maximum atomic E-state index is 11.9. The van der Waals surface area contributed by atoms with Crippen LogP contribution in [0.3, 0.4) is 0 Å². The predicted molar refractivity (Wildman–Crippen MR) is 78.8 cm³/mol. The number of halogens is 1. The molecule has 1 aromatic carbocycles. The van der Waals surface area contributed by atoms with Gasteiger partial charge in [0.25, 0.3) is 0 Å². The zero-order valence-corrected chi connectivity index (χ0v) is 12.5. The highest BCUT2D eigenvalue weighted by molar-refractivity contribution is 6.30. The Morgan fingerprint density at radius 2 is 2.05 bits per heavy atom. The van der Waals surface area contributed by atoms with Gasteiger partial charge in [0.05, 0.1) is 6.42 Å². The normalized spacial score (nSPS) is 12.2. The SMILES string of the molecule is CC(C)C(CC(=O)O)NC(=O)CCc1cccc(Cl)c1. The molecule has 0 saturated heterocycles. The molecular weight excluding hydrogens is 278 g/mol. The first-order chi connectivity index (χ1) is 9.38. The van der Waals surface area contributed by atoms with Crippen molar-refractivity contribution in [1.82, 2.24) is 5.32 Å². The molecule has 0 radical (unpaired) electrons. The Balaban J connectivity index is 2.47. The highest BCUT2D eigenvalue weighted by Crippen LogP contribution is 2.12. The van der Waals surface area contributed by atoms with Crippen molar-refractivity contribution in [3.05, 3.63) is 34.9 Å². The summed E-state index contributed by atoms with van der Waals surface area (Å²) in [6.07, 6.45) is 0.855. The fourth-order valence-corrected chi connectivity index (χ4v) is 2.08. The van der Waals surface area contributed by atoms with Crippen LogP contribution in [-0.2, 0) is 16.0 Å². The minimum absolute atomic E-state index is 0.0550. The Bertz CT molecular complexity index is 474. The molecule has 20 heavy (non-hydrogen) atoms. The van der Waals surface area contributed by atoms with E-state index in [-0.39, 0.29) is 24.3 Å². The molecule has 110 valence electrons. The van der Waals surface area contributed by atoms with Gasteiger partial charge in [-0.15, -0.1) is 0 Å². The monoisotopic (exact) mass is 297 g/mol. The molecule has 0 spiro atoms. The van der Waals surface area contributed by atoms with Crippen LogP contribution >= 0.6 is 11.6 Å². The van der Waals surface area contributed by atoms with Crippen molar-refractivity contribution >= 4 is 23.5 Å². The van der Waals surface area contributed by atoms with Gasteiger partial charge in [-0.3, -0.25) is 9.59 Å². The molecule has 5 heteroatoms. The van der Waals surface area contributed by atoms with Crippen LogP contribution in [-0.4, -0.2) is 23.0 Å². The predicted octanol–water partition coefficient (Wildman–Crippen LogP) is 2.89. The van der Waals surface area contributed by atoms with Crippen molar-refractivity contribution < 1.29 is 14.7 Å². The lowest BCUT2D eigenvalue weighted by atomic mass is 10.0. The number of amides is 1.